The van der Waals surface area contributed by atoms with Gasteiger partial charge in [0.05, 0.1) is 6.61 Å². The van der Waals surface area contributed by atoms with E-state index < -0.39 is 0 Å². The van der Waals surface area contributed by atoms with Crippen molar-refractivity contribution in [1.29, 1.82) is 0 Å². The molecular formula is C10H24O2P2. The Morgan fingerprint density at radius 3 is 1.64 bits per heavy atom. The zero-order valence-corrected chi connectivity index (χ0v) is 11.9. The molecule has 0 N–H and O–H groups in total. The lowest BCUT2D eigenvalue weighted by atomic mass is 9.99. The Morgan fingerprint density at radius 2 is 1.57 bits per heavy atom. The molecule has 4 heteroatoms. The third kappa shape index (κ3) is 10.6. The summed E-state index contributed by atoms with van der Waals surface area (Å²) >= 11 is 0. The van der Waals surface area contributed by atoms with Gasteiger partial charge in [0.2, 0.25) is 0 Å². The Bertz CT molecular complexity index is 117. The summed E-state index contributed by atoms with van der Waals surface area (Å²) < 4.78 is 13.8. The van der Waals surface area contributed by atoms with Gasteiger partial charge in [-0.25, -0.2) is 4.57 Å². The summed E-state index contributed by atoms with van der Waals surface area (Å²) in [5.74, 6) is 0. The maximum absolute atomic E-state index is 9.44. The van der Waals surface area contributed by atoms with E-state index >= 15 is 0 Å². The second kappa shape index (κ2) is 11.6. The first-order valence-corrected chi connectivity index (χ1v) is 6.64. The highest BCUT2D eigenvalue weighted by molar-refractivity contribution is 7.19. The van der Waals surface area contributed by atoms with Crippen LogP contribution in [0.1, 0.15) is 53.4 Å². The van der Waals surface area contributed by atoms with Crippen LogP contribution in [0.25, 0.3) is 0 Å². The predicted octanol–water partition coefficient (Wildman–Crippen LogP) is 4.45. The van der Waals surface area contributed by atoms with Crippen LogP contribution in [0.5, 0.6) is 0 Å². The molecule has 0 aliphatic heterocycles. The smallest absolute Gasteiger partial charge is 0.294 e. The quantitative estimate of drug-likeness (QED) is 0.504. The summed E-state index contributed by atoms with van der Waals surface area (Å²) in [4.78, 5) is 0. The van der Waals surface area contributed by atoms with Crippen molar-refractivity contribution in [1.82, 2.24) is 0 Å². The Balaban J connectivity index is 0. The van der Waals surface area contributed by atoms with Crippen LogP contribution in [0.4, 0.5) is 0 Å². The van der Waals surface area contributed by atoms with E-state index in [-0.39, 0.29) is 8.69 Å². The van der Waals surface area contributed by atoms with Crippen molar-refractivity contribution >= 4 is 17.9 Å². The van der Waals surface area contributed by atoms with Gasteiger partial charge in [-0.15, -0.1) is 9.24 Å². The molecule has 86 valence electrons. The summed E-state index contributed by atoms with van der Waals surface area (Å²) in [6.07, 6.45) is 4.77. The molecule has 0 aromatic carbocycles. The molecule has 0 fully saturated rings. The Labute approximate surface area is 92.7 Å². The van der Waals surface area contributed by atoms with Gasteiger partial charge in [-0.2, -0.15) is 0 Å². The van der Waals surface area contributed by atoms with E-state index in [1.165, 1.54) is 19.3 Å². The average Bonchev–Trinajstić information content (AvgIpc) is 2.26. The first kappa shape index (κ1) is 16.9. The summed E-state index contributed by atoms with van der Waals surface area (Å²) in [5.41, 5.74) is 0. The van der Waals surface area contributed by atoms with Crippen LogP contribution in [0.2, 0.25) is 0 Å². The van der Waals surface area contributed by atoms with Crippen LogP contribution >= 0.6 is 17.9 Å². The van der Waals surface area contributed by atoms with Crippen molar-refractivity contribution in [2.45, 2.75) is 58.5 Å². The predicted molar refractivity (Wildman–Crippen MR) is 67.2 cm³/mol. The van der Waals surface area contributed by atoms with Crippen LogP contribution in [-0.2, 0) is 9.09 Å². The molecule has 0 saturated carbocycles. The number of rotatable bonds is 6. The summed E-state index contributed by atoms with van der Waals surface area (Å²) in [5, 5.41) is 0.542. The van der Waals surface area contributed by atoms with E-state index in [4.69, 9.17) is 0 Å². The minimum absolute atomic E-state index is 0.205. The highest BCUT2D eigenvalue weighted by Gasteiger charge is 2.15. The molecule has 1 atom stereocenters. The summed E-state index contributed by atoms with van der Waals surface area (Å²) in [6.45, 7) is 9.30. The van der Waals surface area contributed by atoms with E-state index in [9.17, 15) is 4.57 Å². The summed E-state index contributed by atoms with van der Waals surface area (Å²) in [7, 11) is 2.74. The number of hydrogen-bond donors (Lipinski definition) is 0. The van der Waals surface area contributed by atoms with E-state index in [1.807, 2.05) is 6.92 Å². The highest BCUT2D eigenvalue weighted by atomic mass is 31.1. The molecule has 0 aromatic rings. The normalized spacial score (nSPS) is 10.9. The van der Waals surface area contributed by atoms with Gasteiger partial charge in [0.15, 0.2) is 0 Å². The SMILES string of the molecule is CCC(P)(CC)CC.CCCOP=O. The van der Waals surface area contributed by atoms with E-state index in [2.05, 4.69) is 34.5 Å². The van der Waals surface area contributed by atoms with Crippen LogP contribution in [0, 0.1) is 0 Å². The van der Waals surface area contributed by atoms with Crippen molar-refractivity contribution in [2.24, 2.45) is 0 Å². The monoisotopic (exact) mass is 238 g/mol. The Morgan fingerprint density at radius 1 is 1.14 bits per heavy atom. The topological polar surface area (TPSA) is 26.3 Å². The molecule has 0 heterocycles. The third-order valence-electron chi connectivity index (χ3n) is 2.46. The molecule has 0 amide bonds. The second-order valence-corrected chi connectivity index (χ2v) is 4.96. The lowest BCUT2D eigenvalue weighted by molar-refractivity contribution is 0.342. The molecule has 2 nitrogen and oxygen atoms in total. The van der Waals surface area contributed by atoms with Gasteiger partial charge >= 0.3 is 8.69 Å². The van der Waals surface area contributed by atoms with Gasteiger partial charge in [-0.1, -0.05) is 27.7 Å². The lowest BCUT2D eigenvalue weighted by Gasteiger charge is -2.23. The molecule has 0 aliphatic rings. The van der Waals surface area contributed by atoms with Gasteiger partial charge in [0, 0.05) is 0 Å². The standard InChI is InChI=1S/C7H17P.C3H7O2P/c1-4-7(8,5-2)6-3;1-2-3-5-6-4/h4-6,8H2,1-3H3;2-3H2,1H3. The average molecular weight is 238 g/mol. The highest BCUT2D eigenvalue weighted by Crippen LogP contribution is 2.29. The molecule has 1 unspecified atom stereocenters. The van der Waals surface area contributed by atoms with E-state index in [0.717, 1.165) is 6.42 Å². The van der Waals surface area contributed by atoms with Crippen LogP contribution in [0.3, 0.4) is 0 Å². The van der Waals surface area contributed by atoms with Gasteiger partial charge in [-0.3, -0.25) is 4.52 Å². The Kier molecular flexibility index (Phi) is 14.0. The molecule has 0 aromatic heterocycles. The van der Waals surface area contributed by atoms with Gasteiger partial charge in [0.1, 0.15) is 0 Å². The Hall–Kier alpha value is 0.490. The van der Waals surface area contributed by atoms with Crippen molar-refractivity contribution in [2.75, 3.05) is 6.61 Å². The summed E-state index contributed by atoms with van der Waals surface area (Å²) in [6, 6.07) is 0. The largest absolute Gasteiger partial charge is 0.327 e. The van der Waals surface area contributed by atoms with Crippen LogP contribution < -0.4 is 0 Å². The van der Waals surface area contributed by atoms with Gasteiger partial charge in [-0.05, 0) is 30.8 Å². The minimum atomic E-state index is -0.205. The zero-order valence-electron chi connectivity index (χ0n) is 9.88. The lowest BCUT2D eigenvalue weighted by Crippen LogP contribution is -2.15. The van der Waals surface area contributed by atoms with Crippen molar-refractivity contribution in [3.05, 3.63) is 0 Å². The molecule has 0 aliphatic carbocycles. The fraction of sp³-hybridized carbons (Fsp3) is 1.00. The van der Waals surface area contributed by atoms with Crippen molar-refractivity contribution in [3.63, 3.8) is 0 Å². The molecule has 0 bridgehead atoms. The maximum atomic E-state index is 9.44. The molecule has 0 radical (unpaired) electrons. The number of hydrogen-bond acceptors (Lipinski definition) is 2. The third-order valence-corrected chi connectivity index (χ3v) is 3.97. The minimum Gasteiger partial charge on any atom is -0.294 e. The van der Waals surface area contributed by atoms with E-state index in [1.54, 1.807) is 0 Å². The molecule has 0 spiro atoms. The maximum Gasteiger partial charge on any atom is 0.327 e. The van der Waals surface area contributed by atoms with Crippen LogP contribution in [0.15, 0.2) is 0 Å². The zero-order chi connectivity index (χ0) is 11.4. The van der Waals surface area contributed by atoms with E-state index in [0.29, 0.717) is 11.8 Å². The first-order chi connectivity index (χ1) is 6.60. The molecule has 0 rings (SSSR count). The van der Waals surface area contributed by atoms with Crippen LogP contribution in [-0.4, -0.2) is 11.8 Å². The van der Waals surface area contributed by atoms with Crippen molar-refractivity contribution in [3.8, 4) is 0 Å². The fourth-order valence-corrected chi connectivity index (χ4v) is 1.14. The van der Waals surface area contributed by atoms with Gasteiger partial charge in [0.25, 0.3) is 0 Å². The molecule has 14 heavy (non-hydrogen) atoms. The van der Waals surface area contributed by atoms with Crippen molar-refractivity contribution < 1.29 is 9.09 Å². The van der Waals surface area contributed by atoms with Gasteiger partial charge < -0.3 is 0 Å². The molecule has 0 saturated heterocycles. The fourth-order valence-electron chi connectivity index (χ4n) is 0.879. The first-order valence-electron chi connectivity index (χ1n) is 5.33. The molecular weight excluding hydrogens is 214 g/mol. The second-order valence-electron chi connectivity index (χ2n) is 3.33.